The molecule has 5 heteroatoms. The van der Waals surface area contributed by atoms with Gasteiger partial charge < -0.3 is 11.1 Å². The van der Waals surface area contributed by atoms with Crippen molar-refractivity contribution < 1.29 is 9.18 Å². The summed E-state index contributed by atoms with van der Waals surface area (Å²) in [5, 5.41) is 2.75. The summed E-state index contributed by atoms with van der Waals surface area (Å²) in [6.07, 6.45) is 4.07. The van der Waals surface area contributed by atoms with Crippen molar-refractivity contribution in [2.45, 2.75) is 51.6 Å². The summed E-state index contributed by atoms with van der Waals surface area (Å²) in [4.78, 5) is 14.4. The van der Waals surface area contributed by atoms with Gasteiger partial charge in [0, 0.05) is 25.0 Å². The van der Waals surface area contributed by atoms with Gasteiger partial charge in [-0.3, -0.25) is 9.69 Å². The first-order chi connectivity index (χ1) is 9.97. The summed E-state index contributed by atoms with van der Waals surface area (Å²) in [7, 11) is 0. The monoisotopic (exact) mass is 293 g/mol. The Morgan fingerprint density at radius 2 is 2.05 bits per heavy atom. The fourth-order valence-corrected chi connectivity index (χ4v) is 3.01. The number of nitrogens with zero attached hydrogens (tertiary/aromatic N) is 1. The second kappa shape index (κ2) is 6.89. The van der Waals surface area contributed by atoms with E-state index in [1.165, 1.54) is 37.5 Å². The predicted octanol–water partition coefficient (Wildman–Crippen LogP) is 3.00. The smallest absolute Gasteiger partial charge is 0.225 e. The Morgan fingerprint density at radius 3 is 2.67 bits per heavy atom. The first-order valence-corrected chi connectivity index (χ1v) is 7.58. The third-order valence-corrected chi connectivity index (χ3v) is 4.26. The van der Waals surface area contributed by atoms with Gasteiger partial charge in [-0.2, -0.15) is 0 Å². The lowest BCUT2D eigenvalue weighted by Crippen LogP contribution is -2.44. The van der Waals surface area contributed by atoms with Crippen molar-refractivity contribution >= 4 is 17.3 Å². The number of rotatable bonds is 4. The summed E-state index contributed by atoms with van der Waals surface area (Å²) in [6, 6.07) is 5.05. The van der Waals surface area contributed by atoms with Crippen molar-refractivity contribution in [2.24, 2.45) is 0 Å². The average molecular weight is 293 g/mol. The molecule has 1 saturated heterocycles. The van der Waals surface area contributed by atoms with E-state index in [4.69, 9.17) is 5.73 Å². The topological polar surface area (TPSA) is 58.4 Å². The number of likely N-dealkylation sites (tertiary alicyclic amines) is 1. The highest BCUT2D eigenvalue weighted by molar-refractivity contribution is 5.93. The Morgan fingerprint density at radius 1 is 1.38 bits per heavy atom. The van der Waals surface area contributed by atoms with Gasteiger partial charge in [-0.25, -0.2) is 4.39 Å². The highest BCUT2D eigenvalue weighted by atomic mass is 19.1. The van der Waals surface area contributed by atoms with Crippen LogP contribution in [0.3, 0.4) is 0 Å². The molecule has 0 aromatic heterocycles. The van der Waals surface area contributed by atoms with E-state index in [1.54, 1.807) is 0 Å². The molecule has 1 aromatic rings. The fourth-order valence-electron chi connectivity index (χ4n) is 3.01. The molecule has 116 valence electrons. The lowest BCUT2D eigenvalue weighted by molar-refractivity contribution is -0.116. The summed E-state index contributed by atoms with van der Waals surface area (Å²) >= 11 is 0. The van der Waals surface area contributed by atoms with Crippen LogP contribution in [0.2, 0.25) is 0 Å². The third-order valence-electron chi connectivity index (χ3n) is 4.26. The van der Waals surface area contributed by atoms with Crippen LogP contribution in [0.25, 0.3) is 0 Å². The lowest BCUT2D eigenvalue weighted by atomic mass is 9.97. The number of amides is 1. The molecule has 2 rings (SSSR count). The summed E-state index contributed by atoms with van der Waals surface area (Å²) in [6.45, 7) is 5.17. The molecule has 1 aliphatic heterocycles. The number of hydrogen-bond donors (Lipinski definition) is 2. The van der Waals surface area contributed by atoms with Crippen LogP contribution < -0.4 is 11.1 Å². The number of hydrogen-bond acceptors (Lipinski definition) is 3. The number of halogens is 1. The van der Waals surface area contributed by atoms with E-state index in [0.29, 0.717) is 24.2 Å². The average Bonchev–Trinajstić information content (AvgIpc) is 2.41. The van der Waals surface area contributed by atoms with Gasteiger partial charge in [-0.15, -0.1) is 0 Å². The largest absolute Gasteiger partial charge is 0.397 e. The van der Waals surface area contributed by atoms with E-state index >= 15 is 0 Å². The number of anilines is 2. The van der Waals surface area contributed by atoms with E-state index in [9.17, 15) is 9.18 Å². The first kappa shape index (κ1) is 15.8. The number of carbonyl (C=O) groups is 1. The van der Waals surface area contributed by atoms with Crippen molar-refractivity contribution in [1.29, 1.82) is 0 Å². The highest BCUT2D eigenvalue weighted by Crippen LogP contribution is 2.23. The highest BCUT2D eigenvalue weighted by Gasteiger charge is 2.24. The zero-order chi connectivity index (χ0) is 15.4. The summed E-state index contributed by atoms with van der Waals surface area (Å²) < 4.78 is 13.0. The van der Waals surface area contributed by atoms with Crippen molar-refractivity contribution in [3.63, 3.8) is 0 Å². The van der Waals surface area contributed by atoms with Crippen molar-refractivity contribution in [1.82, 2.24) is 4.90 Å². The summed E-state index contributed by atoms with van der Waals surface area (Å²) in [5.74, 6) is -0.486. The Labute approximate surface area is 125 Å². The van der Waals surface area contributed by atoms with Gasteiger partial charge in [-0.05, 0) is 44.9 Å². The Balaban J connectivity index is 1.87. The van der Waals surface area contributed by atoms with Gasteiger partial charge in [0.25, 0.3) is 0 Å². The molecule has 1 heterocycles. The van der Waals surface area contributed by atoms with Gasteiger partial charge in [0.15, 0.2) is 0 Å². The minimum atomic E-state index is -0.401. The predicted molar refractivity (Wildman–Crippen MR) is 83.5 cm³/mol. The Bertz CT molecular complexity index is 496. The SMILES string of the molecule is CC1CCCC(C)N1CCC(=O)Nc1ccc(F)cc1N. The molecule has 0 spiro atoms. The molecule has 0 saturated carbocycles. The van der Waals surface area contributed by atoms with Gasteiger partial charge in [0.1, 0.15) is 5.82 Å². The minimum absolute atomic E-state index is 0.0849. The molecule has 0 radical (unpaired) electrons. The molecule has 1 aliphatic rings. The molecule has 0 bridgehead atoms. The third kappa shape index (κ3) is 4.17. The number of carbonyl (C=O) groups excluding carboxylic acids is 1. The molecule has 2 unspecified atom stereocenters. The molecule has 0 aliphatic carbocycles. The van der Waals surface area contributed by atoms with E-state index in [0.717, 1.165) is 6.54 Å². The van der Waals surface area contributed by atoms with Crippen molar-refractivity contribution in [3.05, 3.63) is 24.0 Å². The molecule has 3 N–H and O–H groups in total. The maximum Gasteiger partial charge on any atom is 0.225 e. The standard InChI is InChI=1S/C16H24FN3O/c1-11-4-3-5-12(2)20(11)9-8-16(21)19-15-7-6-13(17)10-14(15)18/h6-7,10-12H,3-5,8-9,18H2,1-2H3,(H,19,21). The van der Waals surface area contributed by atoms with Gasteiger partial charge in [-0.1, -0.05) is 6.42 Å². The number of nitrogens with one attached hydrogen (secondary N) is 1. The Kier molecular flexibility index (Phi) is 5.17. The zero-order valence-corrected chi connectivity index (χ0v) is 12.7. The number of nitrogens with two attached hydrogens (primary N) is 1. The van der Waals surface area contributed by atoms with Crippen LogP contribution in [0, 0.1) is 5.82 Å². The molecule has 2 atom stereocenters. The number of nitrogen functional groups attached to an aromatic ring is 1. The fraction of sp³-hybridized carbons (Fsp3) is 0.562. The van der Waals surface area contributed by atoms with Gasteiger partial charge in [0.05, 0.1) is 11.4 Å². The molecular formula is C16H24FN3O. The van der Waals surface area contributed by atoms with Crippen LogP contribution >= 0.6 is 0 Å². The van der Waals surface area contributed by atoms with Crippen LogP contribution in [-0.2, 0) is 4.79 Å². The van der Waals surface area contributed by atoms with E-state index in [1.807, 2.05) is 0 Å². The van der Waals surface area contributed by atoms with Crippen LogP contribution in [0.5, 0.6) is 0 Å². The van der Waals surface area contributed by atoms with Crippen LogP contribution in [0.15, 0.2) is 18.2 Å². The van der Waals surface area contributed by atoms with Crippen LogP contribution in [0.4, 0.5) is 15.8 Å². The molecule has 21 heavy (non-hydrogen) atoms. The quantitative estimate of drug-likeness (QED) is 0.839. The second-order valence-corrected chi connectivity index (χ2v) is 5.90. The number of benzene rings is 1. The normalized spacial score (nSPS) is 23.0. The van der Waals surface area contributed by atoms with Crippen LogP contribution in [0.1, 0.15) is 39.5 Å². The first-order valence-electron chi connectivity index (χ1n) is 7.58. The van der Waals surface area contributed by atoms with E-state index < -0.39 is 5.82 Å². The second-order valence-electron chi connectivity index (χ2n) is 5.90. The zero-order valence-electron chi connectivity index (χ0n) is 12.7. The maximum absolute atomic E-state index is 13.0. The molecule has 1 fully saturated rings. The number of piperidine rings is 1. The molecule has 1 aromatic carbocycles. The van der Waals surface area contributed by atoms with Crippen molar-refractivity contribution in [3.8, 4) is 0 Å². The summed E-state index contributed by atoms with van der Waals surface area (Å²) in [5.41, 5.74) is 6.41. The molecule has 4 nitrogen and oxygen atoms in total. The van der Waals surface area contributed by atoms with Crippen molar-refractivity contribution in [2.75, 3.05) is 17.6 Å². The van der Waals surface area contributed by atoms with Gasteiger partial charge >= 0.3 is 0 Å². The molecule has 1 amide bonds. The lowest BCUT2D eigenvalue weighted by Gasteiger charge is -2.38. The van der Waals surface area contributed by atoms with Crippen LogP contribution in [-0.4, -0.2) is 29.4 Å². The van der Waals surface area contributed by atoms with Gasteiger partial charge in [0.2, 0.25) is 5.91 Å². The maximum atomic E-state index is 13.0. The van der Waals surface area contributed by atoms with E-state index in [-0.39, 0.29) is 11.6 Å². The molecular weight excluding hydrogens is 269 g/mol. The minimum Gasteiger partial charge on any atom is -0.397 e. The van der Waals surface area contributed by atoms with E-state index in [2.05, 4.69) is 24.1 Å². The Hall–Kier alpha value is -1.62.